The summed E-state index contributed by atoms with van der Waals surface area (Å²) in [5.41, 5.74) is 8.18. The lowest BCUT2D eigenvalue weighted by Gasteiger charge is -2.13. The summed E-state index contributed by atoms with van der Waals surface area (Å²) >= 11 is 0. The van der Waals surface area contributed by atoms with E-state index in [-0.39, 0.29) is 17.0 Å². The quantitative estimate of drug-likeness (QED) is 0.589. The van der Waals surface area contributed by atoms with Gasteiger partial charge in [0.25, 0.3) is 10.0 Å². The minimum Gasteiger partial charge on any atom is -0.328 e. The van der Waals surface area contributed by atoms with Crippen LogP contribution >= 0.6 is 0 Å². The zero-order valence-electron chi connectivity index (χ0n) is 14.6. The molecule has 7 nitrogen and oxygen atoms in total. The Bertz CT molecular complexity index is 1240. The highest BCUT2D eigenvalue weighted by Gasteiger charge is 2.26. The van der Waals surface area contributed by atoms with Crippen molar-refractivity contribution in [2.45, 2.75) is 36.2 Å². The van der Waals surface area contributed by atoms with Crippen LogP contribution < -0.4 is 5.73 Å². The number of nitrogens with zero attached hydrogens (tertiary/aromatic N) is 4. The maximum Gasteiger partial charge on any atom is 0.269 e. The number of benzene rings is 1. The zero-order valence-corrected chi connectivity index (χ0v) is 15.4. The molecular formula is C19H19N5O2S. The largest absolute Gasteiger partial charge is 0.328 e. The molecule has 2 atom stereocenters. The number of nitrogens with two attached hydrogens (primary N) is 1. The second-order valence-electron chi connectivity index (χ2n) is 7.04. The number of fused-ring (bicyclic) bond motifs is 3. The van der Waals surface area contributed by atoms with Crippen molar-refractivity contribution in [1.29, 1.82) is 0 Å². The van der Waals surface area contributed by atoms with Gasteiger partial charge in [0.05, 0.1) is 22.9 Å². The van der Waals surface area contributed by atoms with Crippen LogP contribution in [0.3, 0.4) is 0 Å². The van der Waals surface area contributed by atoms with Crippen LogP contribution in [-0.2, 0) is 10.0 Å². The average Bonchev–Trinajstić information content (AvgIpc) is 3.38. The Morgan fingerprint density at radius 3 is 2.63 bits per heavy atom. The minimum absolute atomic E-state index is 0.202. The molecule has 2 N–H and O–H groups in total. The van der Waals surface area contributed by atoms with Crippen LogP contribution in [0.2, 0.25) is 0 Å². The third kappa shape index (κ3) is 2.48. The predicted octanol–water partition coefficient (Wildman–Crippen LogP) is 2.68. The first-order valence-electron chi connectivity index (χ1n) is 8.94. The van der Waals surface area contributed by atoms with Gasteiger partial charge >= 0.3 is 0 Å². The summed E-state index contributed by atoms with van der Waals surface area (Å²) in [7, 11) is -3.71. The Hall–Kier alpha value is -2.71. The van der Waals surface area contributed by atoms with Crippen LogP contribution in [0.25, 0.3) is 22.1 Å². The van der Waals surface area contributed by atoms with Crippen LogP contribution in [0.4, 0.5) is 0 Å². The maximum absolute atomic E-state index is 13.1. The standard InChI is InChI=1S/C19H19N5O2S/c20-13-6-7-14(10-13)23-12-22-17-11-21-19-16(18(17)23)8-9-24(19)27(25,26)15-4-2-1-3-5-15/h1-5,8-9,11-14H,6-7,10,20H2. The van der Waals surface area contributed by atoms with E-state index in [1.54, 1.807) is 48.8 Å². The second kappa shape index (κ2) is 5.90. The summed E-state index contributed by atoms with van der Waals surface area (Å²) in [4.78, 5) is 9.10. The van der Waals surface area contributed by atoms with Gasteiger partial charge in [0.1, 0.15) is 5.52 Å². The summed E-state index contributed by atoms with van der Waals surface area (Å²) in [5.74, 6) is 0. The van der Waals surface area contributed by atoms with E-state index in [1.165, 1.54) is 3.97 Å². The molecule has 138 valence electrons. The molecular weight excluding hydrogens is 362 g/mol. The fourth-order valence-corrected chi connectivity index (χ4v) is 5.33. The Balaban J connectivity index is 1.72. The summed E-state index contributed by atoms with van der Waals surface area (Å²) < 4.78 is 29.5. The molecule has 0 spiro atoms. The van der Waals surface area contributed by atoms with E-state index in [9.17, 15) is 8.42 Å². The SMILES string of the molecule is NC1CCC(n2cnc3cnc4c(ccn4S(=O)(=O)c4ccccc4)c32)C1. The van der Waals surface area contributed by atoms with Crippen LogP contribution in [0.5, 0.6) is 0 Å². The Kier molecular flexibility index (Phi) is 3.60. The topological polar surface area (TPSA) is 95.8 Å². The molecule has 3 heterocycles. The molecule has 0 bridgehead atoms. The van der Waals surface area contributed by atoms with Gasteiger partial charge in [0, 0.05) is 23.7 Å². The lowest BCUT2D eigenvalue weighted by molar-refractivity contribution is 0.523. The zero-order chi connectivity index (χ0) is 18.6. The highest BCUT2D eigenvalue weighted by Crippen LogP contribution is 2.34. The van der Waals surface area contributed by atoms with E-state index in [2.05, 4.69) is 14.5 Å². The molecule has 1 saturated carbocycles. The van der Waals surface area contributed by atoms with Gasteiger partial charge in [-0.15, -0.1) is 0 Å². The lowest BCUT2D eigenvalue weighted by Crippen LogP contribution is -2.15. The summed E-state index contributed by atoms with van der Waals surface area (Å²) in [6.07, 6.45) is 7.91. The van der Waals surface area contributed by atoms with E-state index >= 15 is 0 Å². The summed E-state index contributed by atoms with van der Waals surface area (Å²) in [5, 5.41) is 0.782. The van der Waals surface area contributed by atoms with Crippen molar-refractivity contribution in [1.82, 2.24) is 18.5 Å². The Morgan fingerprint density at radius 1 is 1.07 bits per heavy atom. The average molecular weight is 381 g/mol. The monoisotopic (exact) mass is 381 g/mol. The first-order valence-corrected chi connectivity index (χ1v) is 10.4. The number of aromatic nitrogens is 4. The maximum atomic E-state index is 13.1. The Labute approximate surface area is 156 Å². The molecule has 0 radical (unpaired) electrons. The van der Waals surface area contributed by atoms with Crippen molar-refractivity contribution in [3.63, 3.8) is 0 Å². The molecule has 1 aliphatic rings. The van der Waals surface area contributed by atoms with Crippen LogP contribution in [0, 0.1) is 0 Å². The predicted molar refractivity (Wildman–Crippen MR) is 103 cm³/mol. The van der Waals surface area contributed by atoms with E-state index in [1.807, 2.05) is 6.33 Å². The molecule has 27 heavy (non-hydrogen) atoms. The molecule has 1 aromatic carbocycles. The van der Waals surface area contributed by atoms with E-state index in [4.69, 9.17) is 5.73 Å². The van der Waals surface area contributed by atoms with Gasteiger partial charge in [-0.25, -0.2) is 22.4 Å². The van der Waals surface area contributed by atoms with Gasteiger partial charge < -0.3 is 10.3 Å². The van der Waals surface area contributed by atoms with Crippen LogP contribution in [0.15, 0.2) is 60.0 Å². The van der Waals surface area contributed by atoms with Gasteiger partial charge in [-0.05, 0) is 37.5 Å². The molecule has 0 aliphatic heterocycles. The molecule has 5 rings (SSSR count). The summed E-state index contributed by atoms with van der Waals surface area (Å²) in [6, 6.07) is 10.7. The number of hydrogen-bond donors (Lipinski definition) is 1. The molecule has 3 aromatic heterocycles. The third-order valence-corrected chi connectivity index (χ3v) is 7.03. The van der Waals surface area contributed by atoms with Gasteiger partial charge in [-0.1, -0.05) is 18.2 Å². The fraction of sp³-hybridized carbons (Fsp3) is 0.263. The smallest absolute Gasteiger partial charge is 0.269 e. The van der Waals surface area contributed by atoms with E-state index in [0.717, 1.165) is 35.7 Å². The second-order valence-corrected chi connectivity index (χ2v) is 8.85. The molecule has 1 fully saturated rings. The van der Waals surface area contributed by atoms with Gasteiger partial charge in [0.2, 0.25) is 0 Å². The molecule has 1 aliphatic carbocycles. The van der Waals surface area contributed by atoms with Crippen molar-refractivity contribution in [3.05, 3.63) is 55.1 Å². The lowest BCUT2D eigenvalue weighted by atomic mass is 10.2. The van der Waals surface area contributed by atoms with E-state index < -0.39 is 10.0 Å². The van der Waals surface area contributed by atoms with Gasteiger partial charge in [-0.3, -0.25) is 0 Å². The third-order valence-electron chi connectivity index (χ3n) is 5.35. The number of pyridine rings is 1. The number of imidazole rings is 1. The normalized spacial score (nSPS) is 20.6. The van der Waals surface area contributed by atoms with Crippen LogP contribution in [-0.4, -0.2) is 33.0 Å². The van der Waals surface area contributed by atoms with Crippen molar-refractivity contribution in [2.75, 3.05) is 0 Å². The first-order chi connectivity index (χ1) is 13.1. The van der Waals surface area contributed by atoms with E-state index in [0.29, 0.717) is 5.65 Å². The van der Waals surface area contributed by atoms with Gasteiger partial charge in [-0.2, -0.15) is 0 Å². The molecule has 4 aromatic rings. The van der Waals surface area contributed by atoms with Crippen molar-refractivity contribution >= 4 is 32.1 Å². The number of hydrogen-bond acceptors (Lipinski definition) is 5. The van der Waals surface area contributed by atoms with Crippen molar-refractivity contribution < 1.29 is 8.42 Å². The molecule has 8 heteroatoms. The van der Waals surface area contributed by atoms with Crippen LogP contribution in [0.1, 0.15) is 25.3 Å². The highest BCUT2D eigenvalue weighted by molar-refractivity contribution is 7.90. The number of rotatable bonds is 3. The highest BCUT2D eigenvalue weighted by atomic mass is 32.2. The van der Waals surface area contributed by atoms with Gasteiger partial charge in [0.15, 0.2) is 5.65 Å². The Morgan fingerprint density at radius 2 is 1.89 bits per heavy atom. The van der Waals surface area contributed by atoms with Crippen molar-refractivity contribution in [2.24, 2.45) is 5.73 Å². The fourth-order valence-electron chi connectivity index (χ4n) is 4.01. The summed E-state index contributed by atoms with van der Waals surface area (Å²) in [6.45, 7) is 0. The van der Waals surface area contributed by atoms with Crippen molar-refractivity contribution in [3.8, 4) is 0 Å². The molecule has 0 amide bonds. The minimum atomic E-state index is -3.71. The molecule has 0 saturated heterocycles. The first kappa shape index (κ1) is 16.5. The molecule has 2 unspecified atom stereocenters.